The van der Waals surface area contributed by atoms with Gasteiger partial charge in [0.15, 0.2) is 23.2 Å². The third-order valence-electron chi connectivity index (χ3n) is 9.94. The topological polar surface area (TPSA) is 153 Å². The Bertz CT molecular complexity index is 1420. The highest BCUT2D eigenvalue weighted by molar-refractivity contribution is 6.77. The number of imidazole rings is 1. The molecule has 2 aromatic heterocycles. The van der Waals surface area contributed by atoms with Crippen LogP contribution in [-0.2, 0) is 27.5 Å². The predicted molar refractivity (Wildman–Crippen MR) is 183 cm³/mol. The third kappa shape index (κ3) is 6.07. The minimum absolute atomic E-state index is 0.0177. The molecule has 1 unspecified atom stereocenters. The Labute approximate surface area is 275 Å². The van der Waals surface area contributed by atoms with Gasteiger partial charge in [-0.3, -0.25) is 19.1 Å². The molecule has 0 radical (unpaired) electrons. The zero-order valence-corrected chi connectivity index (χ0v) is 32.3. The number of ketones is 1. The van der Waals surface area contributed by atoms with Crippen molar-refractivity contribution in [2.24, 2.45) is 5.92 Å². The minimum Gasteiger partial charge on any atom is -0.394 e. The number of Topliss-reactive ketones (excluding diaryl/α,β-unsaturated/α-hetero) is 1. The molecule has 0 bridgehead atoms. The van der Waals surface area contributed by atoms with E-state index in [0.717, 1.165) is 0 Å². The number of H-pyrrole nitrogens is 1. The van der Waals surface area contributed by atoms with Gasteiger partial charge in [-0.15, -0.1) is 0 Å². The van der Waals surface area contributed by atoms with Gasteiger partial charge in [-0.05, 0) is 16.6 Å². The highest BCUT2D eigenvalue weighted by Gasteiger charge is 2.69. The van der Waals surface area contributed by atoms with Crippen molar-refractivity contribution in [1.29, 1.82) is 0 Å². The van der Waals surface area contributed by atoms with E-state index >= 15 is 0 Å². The number of aromatic amines is 1. The number of carbonyl (C=O) groups is 1. The van der Waals surface area contributed by atoms with E-state index < -0.39 is 63.2 Å². The molecular formula is C32H57N5O7Si2. The van der Waals surface area contributed by atoms with Crippen LogP contribution in [-0.4, -0.2) is 73.4 Å². The SMILES string of the molecule is CC(C)C(=O)C1O[Si](C(C)(C)C)(C(C)(C)C)O[C@H]2[C@@H](OCO[Si](C(C)C)(C(C)C)C(C)C)[C@H](n3cnc4c(=O)[nH]c(N)nc43)O[C@H]12. The van der Waals surface area contributed by atoms with Gasteiger partial charge in [-0.1, -0.05) is 96.9 Å². The number of aromatic nitrogens is 4. The fourth-order valence-electron chi connectivity index (χ4n) is 8.13. The molecule has 2 aliphatic rings. The fraction of sp³-hybridized carbons (Fsp3) is 0.812. The summed E-state index contributed by atoms with van der Waals surface area (Å²) in [5, 5.41) is -0.824. The minimum atomic E-state index is -3.23. The van der Waals surface area contributed by atoms with Gasteiger partial charge < -0.3 is 28.5 Å². The Morgan fingerprint density at radius 1 is 1.00 bits per heavy atom. The lowest BCUT2D eigenvalue weighted by Gasteiger charge is -2.55. The summed E-state index contributed by atoms with van der Waals surface area (Å²) in [4.78, 5) is 37.9. The Hall–Kier alpha value is -1.95. The number of nitrogens with one attached hydrogen (secondary N) is 1. The Kier molecular flexibility index (Phi) is 10.3. The van der Waals surface area contributed by atoms with Crippen LogP contribution >= 0.6 is 0 Å². The van der Waals surface area contributed by atoms with E-state index in [1.165, 1.54) is 6.33 Å². The smallest absolute Gasteiger partial charge is 0.350 e. The summed E-state index contributed by atoms with van der Waals surface area (Å²) in [5.74, 6) is -0.402. The standard InChI is InChI=1S/C32H57N5O7Si2/c1-17(2)22(38)23-24-25(44-46(43-23,31(9,10)11)32(12,13)14)26(40-16-41-45(18(3)4,19(5)6)20(7)8)29(42-24)37-15-34-21-27(37)35-30(33)36-28(21)39/h15,17-20,23-26,29H,16H2,1-14H3,(H3,33,35,36,39)/t23?,24-,25-,26-,29-/m1/s1. The van der Waals surface area contributed by atoms with Gasteiger partial charge in [-0.2, -0.15) is 4.98 Å². The summed E-state index contributed by atoms with van der Waals surface area (Å²) in [6.07, 6.45) is -2.45. The zero-order valence-electron chi connectivity index (χ0n) is 30.3. The van der Waals surface area contributed by atoms with Gasteiger partial charge in [0, 0.05) is 16.0 Å². The average molecular weight is 680 g/mol. The number of nitrogens with two attached hydrogens (primary N) is 1. The number of nitrogen functional groups attached to an aromatic ring is 1. The van der Waals surface area contributed by atoms with Crippen molar-refractivity contribution in [2.45, 2.75) is 154 Å². The average Bonchev–Trinajstić information content (AvgIpc) is 3.49. The molecule has 2 aliphatic heterocycles. The summed E-state index contributed by atoms with van der Waals surface area (Å²) in [6, 6.07) is 0. The van der Waals surface area contributed by atoms with Crippen LogP contribution in [0.4, 0.5) is 5.95 Å². The van der Waals surface area contributed by atoms with E-state index in [4.69, 9.17) is 28.5 Å². The number of nitrogens with zero attached hydrogens (tertiary/aromatic N) is 3. The molecule has 14 heteroatoms. The van der Waals surface area contributed by atoms with E-state index in [-0.39, 0.29) is 35.6 Å². The first-order chi connectivity index (χ1) is 21.1. The maximum atomic E-state index is 14.0. The molecule has 46 heavy (non-hydrogen) atoms. The molecule has 2 aromatic rings. The highest BCUT2D eigenvalue weighted by Crippen LogP contribution is 2.57. The first-order valence-corrected chi connectivity index (χ1v) is 20.6. The largest absolute Gasteiger partial charge is 0.394 e. The lowest BCUT2D eigenvalue weighted by molar-refractivity contribution is -0.156. The molecule has 2 fully saturated rings. The molecule has 0 aromatic carbocycles. The Morgan fingerprint density at radius 2 is 1.57 bits per heavy atom. The van der Waals surface area contributed by atoms with Gasteiger partial charge in [0.2, 0.25) is 14.3 Å². The molecule has 0 amide bonds. The van der Waals surface area contributed by atoms with Crippen molar-refractivity contribution in [1.82, 2.24) is 19.5 Å². The molecular weight excluding hydrogens is 623 g/mol. The van der Waals surface area contributed by atoms with Crippen LogP contribution in [0.25, 0.3) is 11.2 Å². The lowest BCUT2D eigenvalue weighted by atomic mass is 9.96. The van der Waals surface area contributed by atoms with Gasteiger partial charge in [-0.25, -0.2) is 4.98 Å². The quantitative estimate of drug-likeness (QED) is 0.220. The van der Waals surface area contributed by atoms with Gasteiger partial charge in [0.25, 0.3) is 5.56 Å². The van der Waals surface area contributed by atoms with Crippen molar-refractivity contribution in [3.05, 3.63) is 16.7 Å². The molecule has 0 aliphatic carbocycles. The third-order valence-corrected chi connectivity index (χ3v) is 21.1. The molecule has 4 rings (SSSR count). The second-order valence-electron chi connectivity index (χ2n) is 16.3. The number of ether oxygens (including phenoxy) is 2. The maximum absolute atomic E-state index is 14.0. The van der Waals surface area contributed by atoms with Crippen LogP contribution in [0.3, 0.4) is 0 Å². The summed E-state index contributed by atoms with van der Waals surface area (Å²) in [7, 11) is -5.52. The molecule has 5 atom stereocenters. The molecule has 260 valence electrons. The van der Waals surface area contributed by atoms with E-state index in [1.54, 1.807) is 4.57 Å². The number of hydrogen-bond acceptors (Lipinski definition) is 10. The van der Waals surface area contributed by atoms with Crippen LogP contribution in [0.2, 0.25) is 26.7 Å². The van der Waals surface area contributed by atoms with Crippen LogP contribution in [0.1, 0.15) is 103 Å². The normalized spacial score (nSPS) is 25.7. The zero-order chi connectivity index (χ0) is 34.7. The maximum Gasteiger partial charge on any atom is 0.350 e. The molecule has 0 spiro atoms. The van der Waals surface area contributed by atoms with E-state index in [1.807, 2.05) is 13.8 Å². The van der Waals surface area contributed by atoms with Crippen LogP contribution < -0.4 is 11.3 Å². The number of carbonyl (C=O) groups excluding carboxylic acids is 1. The molecule has 4 heterocycles. The van der Waals surface area contributed by atoms with Gasteiger partial charge >= 0.3 is 8.56 Å². The second kappa shape index (κ2) is 12.8. The van der Waals surface area contributed by atoms with Crippen molar-refractivity contribution in [2.75, 3.05) is 12.5 Å². The van der Waals surface area contributed by atoms with E-state index in [0.29, 0.717) is 16.6 Å². The highest BCUT2D eigenvalue weighted by atomic mass is 28.4. The monoisotopic (exact) mass is 679 g/mol. The molecule has 12 nitrogen and oxygen atoms in total. The molecule has 0 saturated carbocycles. The number of hydrogen-bond donors (Lipinski definition) is 2. The van der Waals surface area contributed by atoms with Gasteiger partial charge in [0.05, 0.1) is 6.33 Å². The van der Waals surface area contributed by atoms with E-state index in [2.05, 4.69) is 98.0 Å². The summed E-state index contributed by atoms with van der Waals surface area (Å²) < 4.78 is 36.2. The Morgan fingerprint density at radius 3 is 2.07 bits per heavy atom. The predicted octanol–water partition coefficient (Wildman–Crippen LogP) is 6.19. The van der Waals surface area contributed by atoms with Gasteiger partial charge in [0.1, 0.15) is 31.2 Å². The number of anilines is 1. The lowest BCUT2D eigenvalue weighted by Crippen LogP contribution is -2.69. The second-order valence-corrected chi connectivity index (χ2v) is 26.4. The van der Waals surface area contributed by atoms with E-state index in [9.17, 15) is 9.59 Å². The van der Waals surface area contributed by atoms with Crippen molar-refractivity contribution >= 4 is 39.8 Å². The van der Waals surface area contributed by atoms with Crippen molar-refractivity contribution in [3.63, 3.8) is 0 Å². The summed E-state index contributed by atoms with van der Waals surface area (Å²) in [6.45, 7) is 29.8. The first-order valence-electron chi connectivity index (χ1n) is 16.6. The van der Waals surface area contributed by atoms with Crippen LogP contribution in [0.5, 0.6) is 0 Å². The Balaban J connectivity index is 1.88. The van der Waals surface area contributed by atoms with Crippen molar-refractivity contribution < 1.29 is 27.5 Å². The number of rotatable bonds is 10. The van der Waals surface area contributed by atoms with Crippen LogP contribution in [0, 0.1) is 5.92 Å². The molecule has 3 N–H and O–H groups in total. The first kappa shape index (κ1) is 36.9. The fourth-order valence-corrected chi connectivity index (χ4v) is 18.4. The number of fused-ring (bicyclic) bond motifs is 2. The van der Waals surface area contributed by atoms with Crippen molar-refractivity contribution in [3.8, 4) is 0 Å². The van der Waals surface area contributed by atoms with Crippen LogP contribution in [0.15, 0.2) is 11.1 Å². The summed E-state index contributed by atoms with van der Waals surface area (Å²) >= 11 is 0. The molecule has 2 saturated heterocycles. The summed E-state index contributed by atoms with van der Waals surface area (Å²) in [5.41, 5.74) is 6.93.